The van der Waals surface area contributed by atoms with Crippen molar-refractivity contribution in [2.45, 2.75) is 45.6 Å². The summed E-state index contributed by atoms with van der Waals surface area (Å²) in [5.41, 5.74) is 0.287. The van der Waals surface area contributed by atoms with Crippen molar-refractivity contribution in [1.29, 1.82) is 0 Å². The van der Waals surface area contributed by atoms with Crippen LogP contribution in [0.5, 0.6) is 0 Å². The van der Waals surface area contributed by atoms with Crippen LogP contribution in [0.4, 0.5) is 0 Å². The van der Waals surface area contributed by atoms with Crippen molar-refractivity contribution in [3.63, 3.8) is 0 Å². The third kappa shape index (κ3) is 3.22. The van der Waals surface area contributed by atoms with Crippen molar-refractivity contribution in [3.8, 4) is 0 Å². The third-order valence-corrected chi connectivity index (χ3v) is 3.77. The summed E-state index contributed by atoms with van der Waals surface area (Å²) in [5, 5.41) is 4.64. The lowest BCUT2D eigenvalue weighted by Crippen LogP contribution is -2.39. The Labute approximate surface area is 85.6 Å². The van der Waals surface area contributed by atoms with E-state index in [1.807, 2.05) is 11.8 Å². The quantitative estimate of drug-likeness (QED) is 0.706. The molecule has 1 atom stereocenters. The molecule has 0 aromatic rings. The fourth-order valence-corrected chi connectivity index (χ4v) is 2.41. The molecule has 1 heterocycles. The number of nitrogens with zero attached hydrogens (tertiary/aromatic N) is 1. The molecular formula is C10H20N2S. The van der Waals surface area contributed by atoms with Gasteiger partial charge in [-0.25, -0.2) is 0 Å². The molecule has 1 unspecified atom stereocenters. The van der Waals surface area contributed by atoms with E-state index < -0.39 is 0 Å². The number of unbranched alkanes of at least 4 members (excludes halogenated alkanes) is 1. The van der Waals surface area contributed by atoms with Crippen LogP contribution in [-0.4, -0.2) is 23.0 Å². The van der Waals surface area contributed by atoms with Crippen LogP contribution in [0.2, 0.25) is 0 Å². The van der Waals surface area contributed by atoms with Crippen LogP contribution < -0.4 is 5.32 Å². The SMILES string of the molecule is CCCCN=C1NC(C)(CC)CS1. The Kier molecular flexibility index (Phi) is 4.10. The van der Waals surface area contributed by atoms with Gasteiger partial charge in [-0.2, -0.15) is 0 Å². The van der Waals surface area contributed by atoms with E-state index in [1.54, 1.807) is 0 Å². The maximum atomic E-state index is 4.52. The van der Waals surface area contributed by atoms with Gasteiger partial charge < -0.3 is 5.32 Å². The standard InChI is InChI=1S/C10H20N2S/c1-4-6-7-11-9-12-10(3,5-2)8-13-9/h4-8H2,1-3H3,(H,11,12). The van der Waals surface area contributed by atoms with Gasteiger partial charge in [0.15, 0.2) is 5.17 Å². The summed E-state index contributed by atoms with van der Waals surface area (Å²) in [4.78, 5) is 4.52. The summed E-state index contributed by atoms with van der Waals surface area (Å²) in [6.07, 6.45) is 3.61. The van der Waals surface area contributed by atoms with E-state index in [9.17, 15) is 0 Å². The first kappa shape index (κ1) is 10.9. The van der Waals surface area contributed by atoms with Crippen molar-refractivity contribution < 1.29 is 0 Å². The van der Waals surface area contributed by atoms with Gasteiger partial charge >= 0.3 is 0 Å². The summed E-state index contributed by atoms with van der Waals surface area (Å²) < 4.78 is 0. The average molecular weight is 200 g/mol. The zero-order valence-electron chi connectivity index (χ0n) is 8.89. The minimum absolute atomic E-state index is 0.287. The molecule has 0 radical (unpaired) electrons. The van der Waals surface area contributed by atoms with Crippen molar-refractivity contribution in [3.05, 3.63) is 0 Å². The maximum Gasteiger partial charge on any atom is 0.157 e. The molecule has 0 amide bonds. The van der Waals surface area contributed by atoms with E-state index in [4.69, 9.17) is 0 Å². The Balaban J connectivity index is 2.35. The first-order valence-corrected chi connectivity index (χ1v) is 6.14. The molecule has 0 aliphatic carbocycles. The highest BCUT2D eigenvalue weighted by Gasteiger charge is 2.30. The summed E-state index contributed by atoms with van der Waals surface area (Å²) in [5.74, 6) is 1.16. The summed E-state index contributed by atoms with van der Waals surface area (Å²) in [6.45, 7) is 7.67. The van der Waals surface area contributed by atoms with Gasteiger partial charge in [-0.05, 0) is 19.8 Å². The van der Waals surface area contributed by atoms with Crippen LogP contribution in [0.1, 0.15) is 40.0 Å². The number of aliphatic imine (C=N–C) groups is 1. The van der Waals surface area contributed by atoms with E-state index in [2.05, 4.69) is 31.1 Å². The van der Waals surface area contributed by atoms with E-state index in [-0.39, 0.29) is 5.54 Å². The topological polar surface area (TPSA) is 24.4 Å². The zero-order valence-corrected chi connectivity index (χ0v) is 9.71. The highest BCUT2D eigenvalue weighted by Crippen LogP contribution is 2.25. The predicted molar refractivity (Wildman–Crippen MR) is 61.5 cm³/mol. The van der Waals surface area contributed by atoms with E-state index in [0.717, 1.165) is 17.5 Å². The second kappa shape index (κ2) is 4.89. The molecule has 1 N–H and O–H groups in total. The smallest absolute Gasteiger partial charge is 0.157 e. The maximum absolute atomic E-state index is 4.52. The molecule has 1 aliphatic heterocycles. The van der Waals surface area contributed by atoms with Gasteiger partial charge in [0.1, 0.15) is 0 Å². The minimum atomic E-state index is 0.287. The van der Waals surface area contributed by atoms with Gasteiger partial charge in [-0.3, -0.25) is 4.99 Å². The number of thioether (sulfide) groups is 1. The van der Waals surface area contributed by atoms with Crippen LogP contribution in [-0.2, 0) is 0 Å². The monoisotopic (exact) mass is 200 g/mol. The largest absolute Gasteiger partial charge is 0.359 e. The Bertz CT molecular complexity index is 191. The number of hydrogen-bond donors (Lipinski definition) is 1. The number of amidine groups is 1. The van der Waals surface area contributed by atoms with Gasteiger partial charge in [0, 0.05) is 17.8 Å². The Morgan fingerprint density at radius 1 is 1.54 bits per heavy atom. The van der Waals surface area contributed by atoms with Crippen molar-refractivity contribution >= 4 is 16.9 Å². The minimum Gasteiger partial charge on any atom is -0.359 e. The summed E-state index contributed by atoms with van der Waals surface area (Å²) >= 11 is 1.86. The summed E-state index contributed by atoms with van der Waals surface area (Å²) in [7, 11) is 0. The van der Waals surface area contributed by atoms with E-state index in [0.29, 0.717) is 0 Å². The Morgan fingerprint density at radius 2 is 2.31 bits per heavy atom. The molecule has 0 spiro atoms. The normalized spacial score (nSPS) is 30.8. The molecule has 1 aliphatic rings. The highest BCUT2D eigenvalue weighted by molar-refractivity contribution is 8.14. The van der Waals surface area contributed by atoms with E-state index >= 15 is 0 Å². The number of hydrogen-bond acceptors (Lipinski definition) is 2. The first-order chi connectivity index (χ1) is 6.20. The predicted octanol–water partition coefficient (Wildman–Crippen LogP) is 2.65. The van der Waals surface area contributed by atoms with Gasteiger partial charge in [0.25, 0.3) is 0 Å². The molecule has 0 aromatic carbocycles. The van der Waals surface area contributed by atoms with Crippen molar-refractivity contribution in [2.24, 2.45) is 4.99 Å². The number of nitrogens with one attached hydrogen (secondary N) is 1. The first-order valence-electron chi connectivity index (χ1n) is 5.15. The molecule has 3 heteroatoms. The molecule has 13 heavy (non-hydrogen) atoms. The van der Waals surface area contributed by atoms with Crippen molar-refractivity contribution in [1.82, 2.24) is 5.32 Å². The molecule has 2 nitrogen and oxygen atoms in total. The van der Waals surface area contributed by atoms with Gasteiger partial charge in [0.05, 0.1) is 0 Å². The Morgan fingerprint density at radius 3 is 2.85 bits per heavy atom. The molecule has 1 rings (SSSR count). The zero-order chi connectivity index (χ0) is 9.73. The van der Waals surface area contributed by atoms with Crippen molar-refractivity contribution in [2.75, 3.05) is 12.3 Å². The second-order valence-electron chi connectivity index (χ2n) is 3.87. The molecule has 0 aromatic heterocycles. The molecule has 0 bridgehead atoms. The van der Waals surface area contributed by atoms with Crippen LogP contribution in [0, 0.1) is 0 Å². The van der Waals surface area contributed by atoms with Crippen LogP contribution >= 0.6 is 11.8 Å². The Hall–Kier alpha value is -0.180. The lowest BCUT2D eigenvalue weighted by atomic mass is 10.0. The van der Waals surface area contributed by atoms with Gasteiger partial charge in [-0.15, -0.1) is 0 Å². The molecule has 76 valence electrons. The highest BCUT2D eigenvalue weighted by atomic mass is 32.2. The van der Waals surface area contributed by atoms with E-state index in [1.165, 1.54) is 19.3 Å². The molecule has 1 fully saturated rings. The van der Waals surface area contributed by atoms with Gasteiger partial charge in [-0.1, -0.05) is 32.0 Å². The lowest BCUT2D eigenvalue weighted by molar-refractivity contribution is 0.466. The lowest BCUT2D eigenvalue weighted by Gasteiger charge is -2.20. The average Bonchev–Trinajstić information content (AvgIpc) is 2.50. The van der Waals surface area contributed by atoms with Gasteiger partial charge in [0.2, 0.25) is 0 Å². The second-order valence-corrected chi connectivity index (χ2v) is 4.83. The molecule has 0 saturated carbocycles. The third-order valence-electron chi connectivity index (χ3n) is 2.48. The fraction of sp³-hybridized carbons (Fsp3) is 0.900. The van der Waals surface area contributed by atoms with Crippen LogP contribution in [0.15, 0.2) is 4.99 Å². The molecular weight excluding hydrogens is 180 g/mol. The van der Waals surface area contributed by atoms with Crippen LogP contribution in [0.3, 0.4) is 0 Å². The molecule has 1 saturated heterocycles. The van der Waals surface area contributed by atoms with Crippen LogP contribution in [0.25, 0.3) is 0 Å². The summed E-state index contributed by atoms with van der Waals surface area (Å²) in [6, 6.07) is 0. The number of rotatable bonds is 4. The fourth-order valence-electron chi connectivity index (χ4n) is 1.17.